The van der Waals surface area contributed by atoms with E-state index in [1.807, 2.05) is 18.2 Å². The molecule has 0 aliphatic rings. The van der Waals surface area contributed by atoms with Gasteiger partial charge < -0.3 is 33.8 Å². The van der Waals surface area contributed by atoms with Gasteiger partial charge in [0.25, 0.3) is 0 Å². The van der Waals surface area contributed by atoms with E-state index in [-0.39, 0.29) is 25.7 Å². The van der Waals surface area contributed by atoms with Gasteiger partial charge in [-0.2, -0.15) is 0 Å². The summed E-state index contributed by atoms with van der Waals surface area (Å²) in [4.78, 5) is 73.1. The highest BCUT2D eigenvalue weighted by molar-refractivity contribution is 7.47. The summed E-state index contributed by atoms with van der Waals surface area (Å²) in [5.74, 6) is -2.33. The minimum Gasteiger partial charge on any atom is -0.462 e. The lowest BCUT2D eigenvalue weighted by Gasteiger charge is -2.21. The average molecular weight is 1550 g/mol. The molecular formula is C89H148O17P2. The number of aliphatic hydroxyl groups is 1. The molecule has 616 valence electrons. The summed E-state index contributed by atoms with van der Waals surface area (Å²) in [6.45, 7) is 4.56. The molecule has 0 amide bonds. The lowest BCUT2D eigenvalue weighted by atomic mass is 10.1. The van der Waals surface area contributed by atoms with Crippen molar-refractivity contribution in [3.8, 4) is 0 Å². The van der Waals surface area contributed by atoms with E-state index in [1.165, 1.54) is 64.2 Å². The van der Waals surface area contributed by atoms with Crippen LogP contribution in [0.25, 0.3) is 0 Å². The Hall–Kier alpha value is -5.32. The molecule has 108 heavy (non-hydrogen) atoms. The summed E-state index contributed by atoms with van der Waals surface area (Å²) in [5.41, 5.74) is 0. The summed E-state index contributed by atoms with van der Waals surface area (Å²) in [6.07, 6.45) is 93.7. The van der Waals surface area contributed by atoms with Gasteiger partial charge >= 0.3 is 39.5 Å². The first-order valence-electron chi connectivity index (χ1n) is 41.7. The summed E-state index contributed by atoms with van der Waals surface area (Å²) < 4.78 is 68.6. The van der Waals surface area contributed by atoms with Crippen molar-refractivity contribution in [3.63, 3.8) is 0 Å². The van der Waals surface area contributed by atoms with Crippen molar-refractivity contribution in [2.45, 2.75) is 341 Å². The molecule has 0 heterocycles. The first kappa shape index (κ1) is 103. The molecule has 0 aliphatic carbocycles. The second kappa shape index (κ2) is 79.8. The van der Waals surface area contributed by atoms with Crippen LogP contribution in [0.3, 0.4) is 0 Å². The summed E-state index contributed by atoms with van der Waals surface area (Å²) >= 11 is 0. The Balaban J connectivity index is 5.49. The van der Waals surface area contributed by atoms with Crippen LogP contribution in [-0.2, 0) is 65.4 Å². The fourth-order valence-electron chi connectivity index (χ4n) is 10.6. The summed E-state index contributed by atoms with van der Waals surface area (Å²) in [5, 5.41) is 10.7. The number of aliphatic hydroxyl groups excluding tert-OH is 1. The standard InChI is InChI=1S/C89H148O17P2/c1-5-9-13-17-21-25-29-33-37-39-41-43-47-50-54-58-62-66-70-74-87(92)100-80-84(105-88(93)75-71-67-63-59-55-51-46-36-32-28-24-20-16-12-8-4)81-103-107(95,96)101-77-83(90)78-102-108(97,98)104-82-85(79-99-86(91)73-69-65-61-57-53-49-45-35-31-27-23-19-15-11-7-3)106-89(94)76-72-68-64-60-56-52-48-44-42-40-38-34-30-26-22-18-14-10-6-2/h9,13,21-22,24-28,31,33-34,36-38,41-44,46,50,52,54,56,64,68,83-85,90H,5-8,10-12,14-20,23,29-30,32,35,39-40,45,47-49,51,53,55,57-63,65-67,69-82H2,1-4H3,(H,95,96)(H,97,98)/b13-9-,25-21-,26-22-,28-24-,31-27-,37-33-,38-34-,43-41-,44-42-,46-36-,54-50-,56-52-,68-64-/t83-,84-,85-/m1/s1. The number of ether oxygens (including phenoxy) is 4. The Morgan fingerprint density at radius 1 is 0.269 bits per heavy atom. The number of phosphoric ester groups is 2. The maximum absolute atomic E-state index is 13.1. The normalized spacial score (nSPS) is 14.6. The molecule has 0 aromatic rings. The second-order valence-electron chi connectivity index (χ2n) is 27.3. The van der Waals surface area contributed by atoms with Crippen LogP contribution in [0.4, 0.5) is 0 Å². The van der Waals surface area contributed by atoms with Crippen molar-refractivity contribution in [2.24, 2.45) is 0 Å². The smallest absolute Gasteiger partial charge is 0.462 e. The fraction of sp³-hybridized carbons (Fsp3) is 0.663. The first-order valence-corrected chi connectivity index (χ1v) is 44.7. The number of hydrogen-bond donors (Lipinski definition) is 3. The van der Waals surface area contributed by atoms with Crippen molar-refractivity contribution in [1.29, 1.82) is 0 Å². The van der Waals surface area contributed by atoms with E-state index in [1.54, 1.807) is 0 Å². The Kier molecular flexibility index (Phi) is 75.8. The van der Waals surface area contributed by atoms with E-state index in [2.05, 4.69) is 167 Å². The molecule has 0 saturated carbocycles. The maximum atomic E-state index is 13.1. The SMILES string of the molecule is CC/C=C\C/C=C\C/C=C\C/C=C\C/C=C\CCCCCC(=O)OC[C@H](COP(=O)(O)OC[C@@H](O)COP(=O)(O)OC[C@@H](COC(=O)CCCCCCCCC/C=C\CCCCCC)OC(=O)CC/C=C\C/C=C\C/C=C\C/C=C\C/C=C\CCCCC)OC(=O)CCCCCCC/C=C\C/C=C\CCCCC. The summed E-state index contributed by atoms with van der Waals surface area (Å²) in [7, 11) is -10.0. The van der Waals surface area contributed by atoms with Gasteiger partial charge in [-0.25, -0.2) is 9.13 Å². The molecule has 17 nitrogen and oxygen atoms in total. The lowest BCUT2D eigenvalue weighted by molar-refractivity contribution is -0.161. The fourth-order valence-corrected chi connectivity index (χ4v) is 12.2. The molecule has 0 rings (SSSR count). The minimum absolute atomic E-state index is 0.0339. The van der Waals surface area contributed by atoms with Crippen molar-refractivity contribution >= 4 is 39.5 Å². The number of carbonyl (C=O) groups is 4. The zero-order valence-corrected chi connectivity index (χ0v) is 69.3. The van der Waals surface area contributed by atoms with Crippen LogP contribution in [-0.4, -0.2) is 96.7 Å². The van der Waals surface area contributed by atoms with Crippen LogP contribution in [0.2, 0.25) is 0 Å². The largest absolute Gasteiger partial charge is 0.472 e. The molecule has 2 unspecified atom stereocenters. The van der Waals surface area contributed by atoms with E-state index in [9.17, 15) is 43.2 Å². The van der Waals surface area contributed by atoms with Crippen LogP contribution >= 0.6 is 15.6 Å². The number of carbonyl (C=O) groups excluding carboxylic acids is 4. The second-order valence-corrected chi connectivity index (χ2v) is 30.2. The van der Waals surface area contributed by atoms with E-state index in [0.717, 1.165) is 173 Å². The quantitative estimate of drug-likeness (QED) is 0.0169. The van der Waals surface area contributed by atoms with Crippen LogP contribution in [0.15, 0.2) is 158 Å². The molecule has 0 aromatic carbocycles. The Morgan fingerprint density at radius 2 is 0.500 bits per heavy atom. The predicted molar refractivity (Wildman–Crippen MR) is 445 cm³/mol. The number of hydrogen-bond acceptors (Lipinski definition) is 15. The van der Waals surface area contributed by atoms with Gasteiger partial charge in [0.2, 0.25) is 0 Å². The minimum atomic E-state index is -5.01. The molecule has 0 saturated heterocycles. The molecule has 5 atom stereocenters. The van der Waals surface area contributed by atoms with Gasteiger partial charge in [0.1, 0.15) is 19.3 Å². The monoisotopic (exact) mass is 1550 g/mol. The van der Waals surface area contributed by atoms with Gasteiger partial charge in [-0.15, -0.1) is 0 Å². The summed E-state index contributed by atoms with van der Waals surface area (Å²) in [6, 6.07) is 0. The Morgan fingerprint density at radius 3 is 0.833 bits per heavy atom. The number of esters is 4. The van der Waals surface area contributed by atoms with Gasteiger partial charge in [-0.3, -0.25) is 37.3 Å². The van der Waals surface area contributed by atoms with E-state index < -0.39 is 97.5 Å². The average Bonchev–Trinajstić information content (AvgIpc) is 0.914. The zero-order chi connectivity index (χ0) is 78.9. The maximum Gasteiger partial charge on any atom is 0.472 e. The third kappa shape index (κ3) is 78.8. The van der Waals surface area contributed by atoms with E-state index in [4.69, 9.17) is 37.0 Å². The van der Waals surface area contributed by atoms with E-state index >= 15 is 0 Å². The zero-order valence-electron chi connectivity index (χ0n) is 67.5. The van der Waals surface area contributed by atoms with Crippen LogP contribution in [0.1, 0.15) is 323 Å². The van der Waals surface area contributed by atoms with Gasteiger partial charge in [0, 0.05) is 25.7 Å². The van der Waals surface area contributed by atoms with Gasteiger partial charge in [-0.1, -0.05) is 288 Å². The van der Waals surface area contributed by atoms with Crippen LogP contribution in [0.5, 0.6) is 0 Å². The first-order chi connectivity index (χ1) is 52.7. The van der Waals surface area contributed by atoms with Crippen molar-refractivity contribution in [2.75, 3.05) is 39.6 Å². The molecule has 19 heteroatoms. The molecule has 0 aromatic heterocycles. The molecular weight excluding hydrogens is 1400 g/mol. The van der Waals surface area contributed by atoms with Gasteiger partial charge in [-0.05, 0) is 167 Å². The Bertz CT molecular complexity index is 2660. The lowest BCUT2D eigenvalue weighted by Crippen LogP contribution is -2.30. The molecule has 0 fully saturated rings. The number of unbranched alkanes of at least 4 members (excludes halogenated alkanes) is 25. The molecule has 0 aliphatic heterocycles. The molecule has 0 radical (unpaired) electrons. The molecule has 3 N–H and O–H groups in total. The third-order valence-corrected chi connectivity index (χ3v) is 18.9. The molecule has 0 bridgehead atoms. The van der Waals surface area contributed by atoms with Crippen molar-refractivity contribution in [3.05, 3.63) is 158 Å². The van der Waals surface area contributed by atoms with Crippen LogP contribution < -0.4 is 0 Å². The van der Waals surface area contributed by atoms with E-state index in [0.29, 0.717) is 32.1 Å². The highest BCUT2D eigenvalue weighted by Crippen LogP contribution is 2.45. The van der Waals surface area contributed by atoms with Crippen LogP contribution in [0, 0.1) is 0 Å². The number of allylic oxidation sites excluding steroid dienone is 26. The highest BCUT2D eigenvalue weighted by atomic mass is 31.2. The van der Waals surface area contributed by atoms with Crippen molar-refractivity contribution < 1.29 is 80.2 Å². The number of phosphoric acid groups is 2. The predicted octanol–water partition coefficient (Wildman–Crippen LogP) is 24.8. The highest BCUT2D eigenvalue weighted by Gasteiger charge is 2.30. The Labute approximate surface area is 655 Å². The van der Waals surface area contributed by atoms with Gasteiger partial charge in [0.15, 0.2) is 12.2 Å². The number of rotatable bonds is 77. The third-order valence-electron chi connectivity index (χ3n) is 17.0. The molecule has 0 spiro atoms. The van der Waals surface area contributed by atoms with Gasteiger partial charge in [0.05, 0.1) is 26.4 Å². The van der Waals surface area contributed by atoms with Crippen molar-refractivity contribution in [1.82, 2.24) is 0 Å². The topological polar surface area (TPSA) is 237 Å².